The van der Waals surface area contributed by atoms with E-state index in [9.17, 15) is 4.79 Å². The van der Waals surface area contributed by atoms with Gasteiger partial charge in [0.2, 0.25) is 15.9 Å². The number of benzene rings is 2. The van der Waals surface area contributed by atoms with E-state index in [1.165, 1.54) is 6.92 Å². The zero-order valence-corrected chi connectivity index (χ0v) is 15.5. The van der Waals surface area contributed by atoms with Crippen LogP contribution in [0.4, 0.5) is 5.69 Å². The van der Waals surface area contributed by atoms with Crippen LogP contribution in [0.15, 0.2) is 59.7 Å². The van der Waals surface area contributed by atoms with E-state index in [0.717, 1.165) is 11.3 Å². The molecular weight excluding hydrogens is 385 g/mol. The predicted molar refractivity (Wildman–Crippen MR) is 103 cm³/mol. The first-order valence-electron chi connectivity index (χ1n) is 7.29. The maximum Gasteiger partial charge on any atom is 0.246 e. The Kier molecular flexibility index (Phi) is 6.93. The Balaban J connectivity index is 1.97. The molecule has 5 nitrogen and oxygen atoms in total. The molecule has 132 valence electrons. The number of para-hydroxylation sites is 1. The van der Waals surface area contributed by atoms with Gasteiger partial charge in [-0.15, -0.1) is 0 Å². The van der Waals surface area contributed by atoms with E-state index in [1.807, 2.05) is 30.3 Å². The van der Waals surface area contributed by atoms with Gasteiger partial charge in [-0.25, -0.2) is 0 Å². The molecule has 2 N–H and O–H groups in total. The molecule has 0 radical (unpaired) electrons. The van der Waals surface area contributed by atoms with Gasteiger partial charge < -0.3 is 10.1 Å². The minimum Gasteiger partial charge on any atom is -0.466 e. The first-order chi connectivity index (χ1) is 11.8. The number of anilines is 1. The maximum absolute atomic E-state index is 11.2. The number of hydrogen-bond acceptors (Lipinski definition) is 4. The van der Waals surface area contributed by atoms with E-state index >= 15 is 0 Å². The van der Waals surface area contributed by atoms with Crippen LogP contribution in [0.1, 0.15) is 12.5 Å². The standard InChI is InChI=1S/C17H16Cl3N3O2/c1-12(24)22-16(17(18,19)20)25-15-9-7-13(8-10-15)11-21-23-14-5-3-2-4-6-14/h2-11,16,23H,1H3,(H,22,24). The number of carbonyl (C=O) groups is 1. The van der Waals surface area contributed by atoms with Gasteiger partial charge in [0.25, 0.3) is 0 Å². The summed E-state index contributed by atoms with van der Waals surface area (Å²) in [5.74, 6) is 0.0744. The van der Waals surface area contributed by atoms with Crippen molar-refractivity contribution in [2.75, 3.05) is 5.43 Å². The molecule has 2 aromatic rings. The van der Waals surface area contributed by atoms with Gasteiger partial charge in [0.15, 0.2) is 0 Å². The summed E-state index contributed by atoms with van der Waals surface area (Å²) in [4.78, 5) is 11.2. The summed E-state index contributed by atoms with van der Waals surface area (Å²) in [5.41, 5.74) is 4.66. The minimum absolute atomic E-state index is 0.368. The van der Waals surface area contributed by atoms with Crippen LogP contribution in [0.25, 0.3) is 0 Å². The summed E-state index contributed by atoms with van der Waals surface area (Å²) in [5, 5.41) is 6.59. The minimum atomic E-state index is -1.80. The van der Waals surface area contributed by atoms with Crippen molar-refractivity contribution in [3.8, 4) is 5.75 Å². The normalized spacial score (nSPS) is 12.6. The van der Waals surface area contributed by atoms with Crippen LogP contribution < -0.4 is 15.5 Å². The molecule has 0 aliphatic rings. The van der Waals surface area contributed by atoms with E-state index in [-0.39, 0.29) is 5.91 Å². The van der Waals surface area contributed by atoms with Crippen LogP contribution in [0.2, 0.25) is 0 Å². The first-order valence-corrected chi connectivity index (χ1v) is 8.42. The van der Waals surface area contributed by atoms with Crippen LogP contribution in [-0.4, -0.2) is 22.1 Å². The second-order valence-corrected chi connectivity index (χ2v) is 7.41. The average molecular weight is 401 g/mol. The summed E-state index contributed by atoms with van der Waals surface area (Å²) in [7, 11) is 0. The Morgan fingerprint density at radius 1 is 1.12 bits per heavy atom. The number of hydrogen-bond donors (Lipinski definition) is 2. The third-order valence-corrected chi connectivity index (χ3v) is 3.54. The molecular formula is C17H16Cl3N3O2. The molecule has 8 heteroatoms. The number of amides is 1. The van der Waals surface area contributed by atoms with Gasteiger partial charge >= 0.3 is 0 Å². The van der Waals surface area contributed by atoms with Crippen molar-refractivity contribution < 1.29 is 9.53 Å². The lowest BCUT2D eigenvalue weighted by Gasteiger charge is -2.25. The molecule has 0 aliphatic heterocycles. The summed E-state index contributed by atoms with van der Waals surface area (Å²) < 4.78 is 3.73. The molecule has 1 unspecified atom stereocenters. The van der Waals surface area contributed by atoms with Crippen molar-refractivity contribution in [3.63, 3.8) is 0 Å². The third kappa shape index (κ3) is 6.82. The Bertz CT molecular complexity index is 716. The zero-order valence-electron chi connectivity index (χ0n) is 13.2. The molecule has 25 heavy (non-hydrogen) atoms. The highest BCUT2D eigenvalue weighted by Gasteiger charge is 2.35. The lowest BCUT2D eigenvalue weighted by molar-refractivity contribution is -0.121. The average Bonchev–Trinajstić information content (AvgIpc) is 2.55. The Morgan fingerprint density at radius 3 is 2.32 bits per heavy atom. The third-order valence-electron chi connectivity index (χ3n) is 2.95. The van der Waals surface area contributed by atoms with Crippen LogP contribution in [-0.2, 0) is 4.79 Å². The van der Waals surface area contributed by atoms with E-state index in [4.69, 9.17) is 39.5 Å². The predicted octanol–water partition coefficient (Wildman–Crippen LogP) is 4.34. The summed E-state index contributed by atoms with van der Waals surface area (Å²) in [6.07, 6.45) is 0.561. The lowest BCUT2D eigenvalue weighted by atomic mass is 10.2. The first kappa shape index (κ1) is 19.4. The van der Waals surface area contributed by atoms with Crippen molar-refractivity contribution in [3.05, 3.63) is 60.2 Å². The molecule has 0 bridgehead atoms. The van der Waals surface area contributed by atoms with Gasteiger partial charge in [0.05, 0.1) is 11.9 Å². The van der Waals surface area contributed by atoms with Gasteiger partial charge in [-0.2, -0.15) is 5.10 Å². The molecule has 0 saturated carbocycles. The number of nitrogens with one attached hydrogen (secondary N) is 2. The van der Waals surface area contributed by atoms with E-state index < -0.39 is 10.0 Å². The van der Waals surface area contributed by atoms with Gasteiger partial charge in [-0.3, -0.25) is 10.2 Å². The molecule has 2 rings (SSSR count). The number of ether oxygens (including phenoxy) is 1. The van der Waals surface area contributed by atoms with E-state index in [2.05, 4.69) is 15.8 Å². The molecule has 0 spiro atoms. The Morgan fingerprint density at radius 2 is 1.76 bits per heavy atom. The fourth-order valence-electron chi connectivity index (χ4n) is 1.83. The van der Waals surface area contributed by atoms with Crippen molar-refractivity contribution >= 4 is 52.6 Å². The van der Waals surface area contributed by atoms with E-state index in [0.29, 0.717) is 5.75 Å². The van der Waals surface area contributed by atoms with Crippen LogP contribution in [0.3, 0.4) is 0 Å². The maximum atomic E-state index is 11.2. The second-order valence-electron chi connectivity index (χ2n) is 5.05. The zero-order chi connectivity index (χ0) is 18.3. The van der Waals surface area contributed by atoms with Crippen molar-refractivity contribution in [1.29, 1.82) is 0 Å². The number of hydrazone groups is 1. The molecule has 0 saturated heterocycles. The molecule has 1 amide bonds. The van der Waals surface area contributed by atoms with Crippen LogP contribution in [0, 0.1) is 0 Å². The summed E-state index contributed by atoms with van der Waals surface area (Å²) in [6, 6.07) is 16.5. The topological polar surface area (TPSA) is 62.7 Å². The highest BCUT2D eigenvalue weighted by atomic mass is 35.6. The largest absolute Gasteiger partial charge is 0.466 e. The molecule has 0 heterocycles. The Hall–Kier alpha value is -1.95. The van der Waals surface area contributed by atoms with Gasteiger partial charge in [-0.05, 0) is 42.0 Å². The quantitative estimate of drug-likeness (QED) is 0.328. The highest BCUT2D eigenvalue weighted by Crippen LogP contribution is 2.31. The molecule has 0 aliphatic carbocycles. The fraction of sp³-hybridized carbons (Fsp3) is 0.176. The fourth-order valence-corrected chi connectivity index (χ4v) is 2.12. The monoisotopic (exact) mass is 399 g/mol. The Labute approximate surface area is 160 Å². The molecule has 0 aromatic heterocycles. The number of nitrogens with zero attached hydrogens (tertiary/aromatic N) is 1. The second kappa shape index (κ2) is 8.94. The molecule has 0 fully saturated rings. The lowest BCUT2D eigenvalue weighted by Crippen LogP contribution is -2.47. The van der Waals surface area contributed by atoms with Crippen molar-refractivity contribution in [1.82, 2.24) is 5.32 Å². The van der Waals surface area contributed by atoms with E-state index in [1.54, 1.807) is 30.5 Å². The number of rotatable bonds is 6. The SMILES string of the molecule is CC(=O)NC(Oc1ccc(C=NNc2ccccc2)cc1)C(Cl)(Cl)Cl. The van der Waals surface area contributed by atoms with Gasteiger partial charge in [0, 0.05) is 6.92 Å². The summed E-state index contributed by atoms with van der Waals surface area (Å²) >= 11 is 17.4. The van der Waals surface area contributed by atoms with Crippen LogP contribution in [0.5, 0.6) is 5.75 Å². The van der Waals surface area contributed by atoms with Gasteiger partial charge in [0.1, 0.15) is 5.75 Å². The van der Waals surface area contributed by atoms with Crippen molar-refractivity contribution in [2.24, 2.45) is 5.10 Å². The molecule has 1 atom stereocenters. The van der Waals surface area contributed by atoms with Crippen LogP contribution >= 0.6 is 34.8 Å². The smallest absolute Gasteiger partial charge is 0.246 e. The highest BCUT2D eigenvalue weighted by molar-refractivity contribution is 6.68. The number of halogens is 3. The molecule has 2 aromatic carbocycles. The van der Waals surface area contributed by atoms with Crippen molar-refractivity contribution in [2.45, 2.75) is 16.9 Å². The van der Waals surface area contributed by atoms with Gasteiger partial charge in [-0.1, -0.05) is 53.0 Å². The number of alkyl halides is 3. The summed E-state index contributed by atoms with van der Waals surface area (Å²) in [6.45, 7) is 1.31. The number of carbonyl (C=O) groups excluding carboxylic acids is 1.